The van der Waals surface area contributed by atoms with Gasteiger partial charge in [0.2, 0.25) is 0 Å². The van der Waals surface area contributed by atoms with Crippen LogP contribution in [0.1, 0.15) is 31.2 Å². The number of hydrazone groups is 1. The van der Waals surface area contributed by atoms with Gasteiger partial charge < -0.3 is 0 Å². The van der Waals surface area contributed by atoms with Crippen LogP contribution in [0.15, 0.2) is 34.3 Å². The fourth-order valence-electron chi connectivity index (χ4n) is 2.24. The van der Waals surface area contributed by atoms with Gasteiger partial charge in [-0.05, 0) is 44.7 Å². The van der Waals surface area contributed by atoms with Gasteiger partial charge >= 0.3 is 6.36 Å². The van der Waals surface area contributed by atoms with Crippen LogP contribution in [0.25, 0.3) is 0 Å². The molecule has 1 saturated carbocycles. The van der Waals surface area contributed by atoms with Gasteiger partial charge in [-0.15, -0.1) is 13.2 Å². The minimum Gasteiger partial charge on any atom is -0.289 e. The van der Waals surface area contributed by atoms with E-state index in [4.69, 9.17) is 0 Å². The highest BCUT2D eigenvalue weighted by Gasteiger charge is 2.34. The smallest absolute Gasteiger partial charge is 0.289 e. The van der Waals surface area contributed by atoms with Crippen LogP contribution >= 0.6 is 0 Å². The van der Waals surface area contributed by atoms with Crippen molar-refractivity contribution in [2.45, 2.75) is 50.0 Å². The molecule has 0 saturated heterocycles. The quantitative estimate of drug-likeness (QED) is 0.849. The van der Waals surface area contributed by atoms with E-state index < -0.39 is 22.5 Å². The number of rotatable bonds is 4. The molecule has 0 atom stereocenters. The number of nitrogens with zero attached hydrogens (tertiary/aromatic N) is 1. The van der Waals surface area contributed by atoms with Gasteiger partial charge in [0.25, 0.3) is 10.0 Å². The molecule has 9 heteroatoms. The van der Waals surface area contributed by atoms with E-state index in [0.717, 1.165) is 5.56 Å². The SMILES string of the molecule is Cc1ccc(S(=O)(=O)NN=C2CCC(OC(F)(F)F)CC2)cc1. The molecule has 0 radical (unpaired) electrons. The molecule has 0 spiro atoms. The molecular formula is C14H17F3N2O3S. The first-order valence-corrected chi connectivity index (χ1v) is 8.52. The van der Waals surface area contributed by atoms with Crippen LogP contribution in [-0.2, 0) is 14.8 Å². The van der Waals surface area contributed by atoms with E-state index in [1.807, 2.05) is 6.92 Å². The summed E-state index contributed by atoms with van der Waals surface area (Å²) in [4.78, 5) is 2.21. The second-order valence-corrected chi connectivity index (χ2v) is 7.01. The largest absolute Gasteiger partial charge is 0.522 e. The molecule has 0 unspecified atom stereocenters. The van der Waals surface area contributed by atoms with Crippen molar-refractivity contribution in [2.75, 3.05) is 0 Å². The standard InChI is InChI=1S/C14H17F3N2O3S/c1-10-2-8-13(9-3-10)23(20,21)19-18-11-4-6-12(7-5-11)22-14(15,16)17/h2-3,8-9,12,19H,4-7H2,1H3. The lowest BCUT2D eigenvalue weighted by Gasteiger charge is -2.24. The fourth-order valence-corrected chi connectivity index (χ4v) is 3.09. The van der Waals surface area contributed by atoms with Gasteiger partial charge in [-0.2, -0.15) is 13.5 Å². The number of nitrogens with one attached hydrogen (secondary N) is 1. The Morgan fingerprint density at radius 3 is 2.26 bits per heavy atom. The zero-order chi connectivity index (χ0) is 17.1. The molecule has 0 bridgehead atoms. The molecule has 0 amide bonds. The molecular weight excluding hydrogens is 333 g/mol. The van der Waals surface area contributed by atoms with Gasteiger partial charge in [0.05, 0.1) is 11.0 Å². The van der Waals surface area contributed by atoms with E-state index >= 15 is 0 Å². The molecule has 128 valence electrons. The third-order valence-electron chi connectivity index (χ3n) is 3.47. The fraction of sp³-hybridized carbons (Fsp3) is 0.500. The summed E-state index contributed by atoms with van der Waals surface area (Å²) in [6.45, 7) is 1.84. The average molecular weight is 350 g/mol. The highest BCUT2D eigenvalue weighted by molar-refractivity contribution is 7.89. The lowest BCUT2D eigenvalue weighted by atomic mass is 9.96. The van der Waals surface area contributed by atoms with Gasteiger partial charge in [-0.25, -0.2) is 4.83 Å². The molecule has 0 heterocycles. The molecule has 0 aromatic heterocycles. The van der Waals surface area contributed by atoms with Crippen molar-refractivity contribution >= 4 is 15.7 Å². The summed E-state index contributed by atoms with van der Waals surface area (Å²) in [5.74, 6) is 0. The van der Waals surface area contributed by atoms with Gasteiger partial charge in [0, 0.05) is 5.71 Å². The second-order valence-electron chi connectivity index (χ2n) is 5.35. The van der Waals surface area contributed by atoms with Crippen LogP contribution in [0.3, 0.4) is 0 Å². The molecule has 1 fully saturated rings. The van der Waals surface area contributed by atoms with Crippen LogP contribution in [0, 0.1) is 6.92 Å². The monoisotopic (exact) mass is 350 g/mol. The predicted molar refractivity (Wildman–Crippen MR) is 78.3 cm³/mol. The van der Waals surface area contributed by atoms with Gasteiger partial charge in [-0.1, -0.05) is 17.7 Å². The zero-order valence-corrected chi connectivity index (χ0v) is 13.2. The van der Waals surface area contributed by atoms with Crippen molar-refractivity contribution in [3.63, 3.8) is 0 Å². The lowest BCUT2D eigenvalue weighted by Crippen LogP contribution is -2.29. The van der Waals surface area contributed by atoms with E-state index in [1.54, 1.807) is 12.1 Å². The molecule has 1 N–H and O–H groups in total. The normalized spacial score (nSPS) is 19.5. The van der Waals surface area contributed by atoms with E-state index in [1.165, 1.54) is 12.1 Å². The maximum absolute atomic E-state index is 12.1. The molecule has 1 aliphatic rings. The Kier molecular flexibility index (Phi) is 5.30. The Morgan fingerprint density at radius 2 is 1.74 bits per heavy atom. The number of ether oxygens (including phenoxy) is 1. The summed E-state index contributed by atoms with van der Waals surface area (Å²) in [5.41, 5.74) is 1.45. The van der Waals surface area contributed by atoms with Crippen LogP contribution in [-0.4, -0.2) is 26.6 Å². The second kappa shape index (κ2) is 6.88. The minimum absolute atomic E-state index is 0.0848. The van der Waals surface area contributed by atoms with E-state index in [2.05, 4.69) is 14.7 Å². The minimum atomic E-state index is -4.65. The summed E-state index contributed by atoms with van der Waals surface area (Å²) < 4.78 is 64.4. The summed E-state index contributed by atoms with van der Waals surface area (Å²) in [6.07, 6.45) is -4.71. The summed E-state index contributed by atoms with van der Waals surface area (Å²) in [7, 11) is -3.77. The third kappa shape index (κ3) is 5.51. The topological polar surface area (TPSA) is 67.8 Å². The van der Waals surface area contributed by atoms with Gasteiger partial charge in [-0.3, -0.25) is 4.74 Å². The Hall–Kier alpha value is -1.61. The van der Waals surface area contributed by atoms with Crippen LogP contribution in [0.5, 0.6) is 0 Å². The number of alkyl halides is 3. The maximum Gasteiger partial charge on any atom is 0.522 e. The highest BCUT2D eigenvalue weighted by Crippen LogP contribution is 2.26. The van der Waals surface area contributed by atoms with E-state index in [0.29, 0.717) is 5.71 Å². The number of sulfonamides is 1. The molecule has 0 aliphatic heterocycles. The number of aryl methyl sites for hydroxylation is 1. The van der Waals surface area contributed by atoms with E-state index in [-0.39, 0.29) is 30.6 Å². The van der Waals surface area contributed by atoms with Crippen molar-refractivity contribution in [1.82, 2.24) is 4.83 Å². The van der Waals surface area contributed by atoms with E-state index in [9.17, 15) is 21.6 Å². The predicted octanol–water partition coefficient (Wildman–Crippen LogP) is 3.11. The molecule has 1 aromatic rings. The Morgan fingerprint density at radius 1 is 1.17 bits per heavy atom. The van der Waals surface area contributed by atoms with Crippen molar-refractivity contribution in [2.24, 2.45) is 5.10 Å². The number of halogens is 3. The summed E-state index contributed by atoms with van der Waals surface area (Å²) in [6, 6.07) is 6.26. The number of hydrogen-bond donors (Lipinski definition) is 1. The first kappa shape index (κ1) is 17.7. The molecule has 5 nitrogen and oxygen atoms in total. The Balaban J connectivity index is 1.93. The first-order chi connectivity index (χ1) is 10.7. The summed E-state index contributed by atoms with van der Waals surface area (Å²) in [5, 5.41) is 3.83. The van der Waals surface area contributed by atoms with Crippen molar-refractivity contribution in [3.05, 3.63) is 29.8 Å². The first-order valence-electron chi connectivity index (χ1n) is 7.04. The highest BCUT2D eigenvalue weighted by atomic mass is 32.2. The van der Waals surface area contributed by atoms with Crippen molar-refractivity contribution in [1.29, 1.82) is 0 Å². The molecule has 1 aliphatic carbocycles. The van der Waals surface area contributed by atoms with Crippen LogP contribution in [0.2, 0.25) is 0 Å². The van der Waals surface area contributed by atoms with Gasteiger partial charge in [0.1, 0.15) is 0 Å². The van der Waals surface area contributed by atoms with Crippen LogP contribution in [0.4, 0.5) is 13.2 Å². The van der Waals surface area contributed by atoms with Gasteiger partial charge in [0.15, 0.2) is 0 Å². The van der Waals surface area contributed by atoms with Crippen LogP contribution < -0.4 is 4.83 Å². The Labute approximate surface area is 132 Å². The zero-order valence-electron chi connectivity index (χ0n) is 12.4. The average Bonchev–Trinajstić information content (AvgIpc) is 2.45. The lowest BCUT2D eigenvalue weighted by molar-refractivity contribution is -0.344. The third-order valence-corrected chi connectivity index (χ3v) is 4.69. The van der Waals surface area contributed by atoms with Crippen molar-refractivity contribution < 1.29 is 26.3 Å². The molecule has 23 heavy (non-hydrogen) atoms. The molecule has 1 aromatic carbocycles. The molecule has 2 rings (SSSR count). The number of benzene rings is 1. The summed E-state index contributed by atoms with van der Waals surface area (Å²) >= 11 is 0. The maximum atomic E-state index is 12.1. The Bertz CT molecular complexity index is 660. The number of hydrogen-bond acceptors (Lipinski definition) is 4. The van der Waals surface area contributed by atoms with Crippen molar-refractivity contribution in [3.8, 4) is 0 Å².